The Morgan fingerprint density at radius 2 is 1.28 bits per heavy atom. The van der Waals surface area contributed by atoms with Gasteiger partial charge in [-0.3, -0.25) is 43.7 Å². The van der Waals surface area contributed by atoms with Gasteiger partial charge in [0.15, 0.2) is 0 Å². The Morgan fingerprint density at radius 3 is 1.81 bits per heavy atom. The molecular formula is C44H77N13O12. The van der Waals surface area contributed by atoms with Gasteiger partial charge in [0.2, 0.25) is 47.3 Å². The van der Waals surface area contributed by atoms with Gasteiger partial charge in [0.1, 0.15) is 42.5 Å². The normalized spacial score (nSPS) is 25.9. The molecule has 25 nitrogen and oxygen atoms in total. The fourth-order valence-electron chi connectivity index (χ4n) is 7.35. The van der Waals surface area contributed by atoms with Crippen LogP contribution in [0.3, 0.4) is 0 Å². The maximum Gasteiger partial charge on any atom is 0.245 e. The van der Waals surface area contributed by atoms with E-state index in [0.717, 1.165) is 0 Å². The minimum atomic E-state index is -1.62. The number of nitrogens with two attached hydrogens (primary N) is 3. The van der Waals surface area contributed by atoms with Crippen molar-refractivity contribution in [2.75, 3.05) is 39.3 Å². The van der Waals surface area contributed by atoms with Crippen molar-refractivity contribution in [2.24, 2.45) is 23.1 Å². The summed E-state index contributed by atoms with van der Waals surface area (Å²) in [5, 5.41) is 68.8. The van der Waals surface area contributed by atoms with E-state index in [1.54, 1.807) is 30.3 Å². The minimum Gasteiger partial charge on any atom is -0.394 e. The number of carbonyl (C=O) groups is 8. The zero-order valence-corrected chi connectivity index (χ0v) is 40.2. The van der Waals surface area contributed by atoms with Crippen LogP contribution in [0.5, 0.6) is 0 Å². The van der Waals surface area contributed by atoms with Crippen LogP contribution in [0.15, 0.2) is 30.3 Å². The Balaban J connectivity index is 2.70. The SMILES string of the molecule is CC(=O)N[C@H](CN[C@H](CO)C(=O)N[C@H]1CCNC(=O)[C@H]([C@@H](C)O)NC(=O)[C@H](CCN)NC(=O)[C@H](CCN)NC(O)[C@H](CC(C)C)NC(=O)[C@@H](Cc2ccccc2)NC(=O)[C@H](CCN)NC1=O)[C@@H](C)O. The van der Waals surface area contributed by atoms with Crippen LogP contribution in [0.2, 0.25) is 0 Å². The number of benzene rings is 1. The third-order valence-electron chi connectivity index (χ3n) is 11.2. The number of amides is 8. The summed E-state index contributed by atoms with van der Waals surface area (Å²) in [6, 6.07) is -3.13. The van der Waals surface area contributed by atoms with Crippen molar-refractivity contribution in [2.45, 2.75) is 146 Å². The third kappa shape index (κ3) is 21.0. The predicted octanol–water partition coefficient (Wildman–Crippen LogP) is -6.76. The maximum absolute atomic E-state index is 14.3. The summed E-state index contributed by atoms with van der Waals surface area (Å²) >= 11 is 0. The van der Waals surface area contributed by atoms with E-state index < -0.39 is 127 Å². The number of aliphatic hydroxyl groups excluding tert-OH is 4. The molecule has 0 aliphatic carbocycles. The monoisotopic (exact) mass is 980 g/mol. The molecule has 25 heteroatoms. The van der Waals surface area contributed by atoms with Crippen molar-refractivity contribution in [1.29, 1.82) is 0 Å². The van der Waals surface area contributed by atoms with E-state index in [4.69, 9.17) is 17.2 Å². The van der Waals surface area contributed by atoms with Gasteiger partial charge < -0.3 is 85.5 Å². The van der Waals surface area contributed by atoms with Crippen LogP contribution in [0, 0.1) is 5.92 Å². The van der Waals surface area contributed by atoms with E-state index in [1.807, 2.05) is 13.8 Å². The summed E-state index contributed by atoms with van der Waals surface area (Å²) in [7, 11) is 0. The Labute approximate surface area is 402 Å². The van der Waals surface area contributed by atoms with E-state index in [2.05, 4.69) is 53.2 Å². The van der Waals surface area contributed by atoms with Crippen molar-refractivity contribution < 1.29 is 58.8 Å². The maximum atomic E-state index is 14.3. The first kappa shape index (κ1) is 59.7. The first-order chi connectivity index (χ1) is 32.6. The second-order valence-corrected chi connectivity index (χ2v) is 17.6. The molecule has 8 amide bonds. The summed E-state index contributed by atoms with van der Waals surface area (Å²) < 4.78 is 0. The molecule has 1 aromatic rings. The van der Waals surface area contributed by atoms with Crippen LogP contribution in [-0.4, -0.2) is 180 Å². The van der Waals surface area contributed by atoms with Crippen molar-refractivity contribution in [3.8, 4) is 0 Å². The van der Waals surface area contributed by atoms with Gasteiger partial charge in [-0.05, 0) is 77.1 Å². The predicted molar refractivity (Wildman–Crippen MR) is 253 cm³/mol. The molecule has 20 N–H and O–H groups in total. The number of hydrogen-bond donors (Lipinski definition) is 17. The second kappa shape index (κ2) is 31.0. The van der Waals surface area contributed by atoms with Crippen molar-refractivity contribution in [3.05, 3.63) is 35.9 Å². The van der Waals surface area contributed by atoms with Crippen LogP contribution in [0.25, 0.3) is 0 Å². The highest BCUT2D eigenvalue weighted by Crippen LogP contribution is 2.12. The molecule has 1 aromatic carbocycles. The number of aliphatic hydroxyl groups is 4. The lowest BCUT2D eigenvalue weighted by Gasteiger charge is -2.32. The van der Waals surface area contributed by atoms with E-state index in [1.165, 1.54) is 20.8 Å². The van der Waals surface area contributed by atoms with Crippen LogP contribution >= 0.6 is 0 Å². The van der Waals surface area contributed by atoms with Crippen LogP contribution in [0.1, 0.15) is 72.3 Å². The smallest absolute Gasteiger partial charge is 0.245 e. The van der Waals surface area contributed by atoms with Crippen molar-refractivity contribution in [3.63, 3.8) is 0 Å². The molecule has 1 saturated heterocycles. The molecule has 1 aliphatic heterocycles. The molecule has 1 fully saturated rings. The highest BCUT2D eigenvalue weighted by Gasteiger charge is 2.36. The van der Waals surface area contributed by atoms with Gasteiger partial charge in [-0.25, -0.2) is 0 Å². The van der Waals surface area contributed by atoms with Gasteiger partial charge in [-0.1, -0.05) is 44.2 Å². The zero-order valence-electron chi connectivity index (χ0n) is 40.2. The topological polar surface area (TPSA) is 416 Å². The molecule has 0 spiro atoms. The molecule has 0 bridgehead atoms. The molecule has 12 atom stereocenters. The fraction of sp³-hybridized carbons (Fsp3) is 0.682. The van der Waals surface area contributed by atoms with E-state index in [-0.39, 0.29) is 77.2 Å². The average Bonchev–Trinajstić information content (AvgIpc) is 3.28. The second-order valence-electron chi connectivity index (χ2n) is 17.6. The molecule has 1 heterocycles. The van der Waals surface area contributed by atoms with Gasteiger partial charge in [0, 0.05) is 26.4 Å². The van der Waals surface area contributed by atoms with Crippen LogP contribution in [0.4, 0.5) is 0 Å². The fourth-order valence-corrected chi connectivity index (χ4v) is 7.35. The summed E-state index contributed by atoms with van der Waals surface area (Å²) in [6.45, 7) is 5.86. The van der Waals surface area contributed by atoms with Crippen molar-refractivity contribution in [1.82, 2.24) is 53.2 Å². The molecule has 390 valence electrons. The van der Waals surface area contributed by atoms with Crippen LogP contribution in [-0.2, 0) is 44.8 Å². The van der Waals surface area contributed by atoms with Gasteiger partial charge in [0.25, 0.3) is 0 Å². The van der Waals surface area contributed by atoms with Gasteiger partial charge in [0.05, 0.1) is 36.9 Å². The van der Waals surface area contributed by atoms with Gasteiger partial charge in [-0.2, -0.15) is 0 Å². The summed E-state index contributed by atoms with van der Waals surface area (Å²) in [6.07, 6.45) is -4.75. The number of carbonyl (C=O) groups excluding carboxylic acids is 8. The summed E-state index contributed by atoms with van der Waals surface area (Å²) in [5.41, 5.74) is 18.2. The Morgan fingerprint density at radius 1 is 0.739 bits per heavy atom. The number of hydrogen-bond acceptors (Lipinski definition) is 17. The lowest BCUT2D eigenvalue weighted by molar-refractivity contribution is -0.135. The summed E-state index contributed by atoms with van der Waals surface area (Å²) in [5.74, 6) is -6.67. The molecular weight excluding hydrogens is 903 g/mol. The third-order valence-corrected chi connectivity index (χ3v) is 11.2. The minimum absolute atomic E-state index is 0.0392. The molecule has 2 rings (SSSR count). The quantitative estimate of drug-likeness (QED) is 0.0613. The van der Waals surface area contributed by atoms with Gasteiger partial charge in [-0.15, -0.1) is 0 Å². The Hall–Kier alpha value is -5.38. The molecule has 1 aliphatic rings. The molecule has 0 saturated carbocycles. The molecule has 0 aromatic heterocycles. The highest BCUT2D eigenvalue weighted by atomic mass is 16.3. The lowest BCUT2D eigenvalue weighted by atomic mass is 9.99. The van der Waals surface area contributed by atoms with Crippen molar-refractivity contribution >= 4 is 47.3 Å². The summed E-state index contributed by atoms with van der Waals surface area (Å²) in [4.78, 5) is 109. The largest absolute Gasteiger partial charge is 0.394 e. The zero-order chi connectivity index (χ0) is 51.8. The Bertz CT molecular complexity index is 1810. The van der Waals surface area contributed by atoms with E-state index >= 15 is 0 Å². The molecule has 1 unspecified atom stereocenters. The first-order valence-electron chi connectivity index (χ1n) is 23.3. The molecule has 69 heavy (non-hydrogen) atoms. The van der Waals surface area contributed by atoms with E-state index in [0.29, 0.717) is 5.56 Å². The standard InChI is InChI=1S/C44H77N13O12/c1-23(2)19-32-41(66)53-28(11-15-45)37(62)52-30(13-17-47)40(65)57-36(25(4)60)44(69)48-18-14-31(54-43(68)35(22-58)49-21-34(24(3)59)50-26(5)61)39(64)51-29(12-16-46)38(63)56-33(42(67)55-32)20-27-9-7-6-8-10-27/h6-10,23-25,28-36,41,49,53,58-60,66H,11-22,45-47H2,1-5H3,(H,48,69)(H,50,61)(H,51,64)(H,52,62)(H,54,68)(H,55,67)(H,56,63)(H,57,65)/t24-,25-,28+,29+,30+,31+,32+,33-,34-,35-,36+,41?/m1/s1. The highest BCUT2D eigenvalue weighted by molar-refractivity contribution is 5.96. The van der Waals surface area contributed by atoms with Crippen LogP contribution < -0.4 is 70.4 Å². The molecule has 0 radical (unpaired) electrons. The average molecular weight is 980 g/mol. The van der Waals surface area contributed by atoms with E-state index in [9.17, 15) is 58.8 Å². The van der Waals surface area contributed by atoms with Gasteiger partial charge >= 0.3 is 0 Å². The Kier molecular flexibility index (Phi) is 26.8. The lowest BCUT2D eigenvalue weighted by Crippen LogP contribution is -2.62. The number of nitrogens with one attached hydrogen (secondary N) is 10. The first-order valence-corrected chi connectivity index (χ1v) is 23.3. The number of rotatable bonds is 19.